The van der Waals surface area contributed by atoms with Crippen LogP contribution in [0.1, 0.15) is 21.6 Å². The average Bonchev–Trinajstić information content (AvgIpc) is 2.71. The number of aromatic carboxylic acids is 1. The highest BCUT2D eigenvalue weighted by molar-refractivity contribution is 5.87. The Labute approximate surface area is 111 Å². The fourth-order valence-electron chi connectivity index (χ4n) is 2.23. The molecule has 5 nitrogen and oxygen atoms in total. The lowest BCUT2D eigenvalue weighted by Gasteiger charge is -2.10. The van der Waals surface area contributed by atoms with Gasteiger partial charge in [-0.25, -0.2) is 4.79 Å². The molecule has 0 aliphatic heterocycles. The minimum absolute atomic E-state index is 0.168. The third-order valence-electron chi connectivity index (χ3n) is 3.06. The third kappa shape index (κ3) is 2.31. The van der Waals surface area contributed by atoms with Gasteiger partial charge < -0.3 is 9.84 Å². The van der Waals surface area contributed by atoms with Crippen LogP contribution in [0.15, 0.2) is 18.2 Å². The van der Waals surface area contributed by atoms with Gasteiger partial charge in [0.15, 0.2) is 0 Å². The molecule has 2 rings (SSSR count). The lowest BCUT2D eigenvalue weighted by molar-refractivity contribution is 0.0685. The Morgan fingerprint density at radius 3 is 2.26 bits per heavy atom. The quantitative estimate of drug-likeness (QED) is 0.920. The summed E-state index contributed by atoms with van der Waals surface area (Å²) < 4.78 is 6.68. The van der Waals surface area contributed by atoms with Gasteiger partial charge in [-0.1, -0.05) is 0 Å². The molecule has 19 heavy (non-hydrogen) atoms. The average molecular weight is 260 g/mol. The number of carboxylic acids is 1. The van der Waals surface area contributed by atoms with Crippen LogP contribution in [0.25, 0.3) is 11.3 Å². The van der Waals surface area contributed by atoms with Gasteiger partial charge in [-0.15, -0.1) is 0 Å². The third-order valence-corrected chi connectivity index (χ3v) is 3.06. The Kier molecular flexibility index (Phi) is 3.29. The van der Waals surface area contributed by atoms with Gasteiger partial charge in [0, 0.05) is 12.6 Å². The zero-order valence-corrected chi connectivity index (χ0v) is 11.4. The zero-order valence-electron chi connectivity index (χ0n) is 11.4. The molecular weight excluding hydrogens is 244 g/mol. The zero-order chi connectivity index (χ0) is 14.2. The van der Waals surface area contributed by atoms with E-state index in [1.54, 1.807) is 20.2 Å². The molecule has 0 unspecified atom stereocenters. The number of benzene rings is 1. The lowest BCUT2D eigenvalue weighted by atomic mass is 10.0. The lowest BCUT2D eigenvalue weighted by Crippen LogP contribution is -2.04. The highest BCUT2D eigenvalue weighted by Gasteiger charge is 2.14. The van der Waals surface area contributed by atoms with Crippen molar-refractivity contribution in [3.05, 3.63) is 35.0 Å². The maximum absolute atomic E-state index is 11.0. The molecule has 0 saturated heterocycles. The van der Waals surface area contributed by atoms with Gasteiger partial charge >= 0.3 is 5.97 Å². The SMILES string of the molecule is COc1c(C)cc(-c2cc(C(=O)O)n(C)n2)cc1C. The monoisotopic (exact) mass is 260 g/mol. The number of hydrogen-bond acceptors (Lipinski definition) is 3. The van der Waals surface area contributed by atoms with Crippen molar-refractivity contribution in [3.63, 3.8) is 0 Å². The van der Waals surface area contributed by atoms with E-state index in [0.717, 1.165) is 22.4 Å². The normalized spacial score (nSPS) is 10.5. The van der Waals surface area contributed by atoms with Gasteiger partial charge in [-0.2, -0.15) is 5.10 Å². The molecule has 0 saturated carbocycles. The fourth-order valence-corrected chi connectivity index (χ4v) is 2.23. The van der Waals surface area contributed by atoms with Gasteiger partial charge in [0.25, 0.3) is 0 Å². The Hall–Kier alpha value is -2.30. The Morgan fingerprint density at radius 1 is 1.26 bits per heavy atom. The van der Waals surface area contributed by atoms with E-state index in [1.807, 2.05) is 26.0 Å². The Bertz CT molecular complexity index is 621. The predicted octanol–water partition coefficient (Wildman–Crippen LogP) is 2.41. The maximum atomic E-state index is 11.0. The molecule has 1 aromatic carbocycles. The number of rotatable bonds is 3. The van der Waals surface area contributed by atoms with Crippen molar-refractivity contribution in [2.45, 2.75) is 13.8 Å². The molecule has 0 amide bonds. The standard InChI is InChI=1S/C14H16N2O3/c1-8-5-10(6-9(2)13(8)19-4)11-7-12(14(17)18)16(3)15-11/h5-7H,1-4H3,(H,17,18). The number of carbonyl (C=O) groups is 1. The van der Waals surface area contributed by atoms with Gasteiger partial charge in [0.2, 0.25) is 0 Å². The minimum atomic E-state index is -0.983. The summed E-state index contributed by atoms with van der Waals surface area (Å²) in [6, 6.07) is 5.46. The van der Waals surface area contributed by atoms with Crippen molar-refractivity contribution < 1.29 is 14.6 Å². The highest BCUT2D eigenvalue weighted by Crippen LogP contribution is 2.29. The molecule has 0 atom stereocenters. The second kappa shape index (κ2) is 4.76. The summed E-state index contributed by atoms with van der Waals surface area (Å²) in [5.41, 5.74) is 3.70. The first kappa shape index (κ1) is 13.1. The number of aromatic nitrogens is 2. The molecule has 100 valence electrons. The van der Waals surface area contributed by atoms with E-state index in [2.05, 4.69) is 5.10 Å². The summed E-state index contributed by atoms with van der Waals surface area (Å²) in [7, 11) is 3.26. The van der Waals surface area contributed by atoms with E-state index in [0.29, 0.717) is 5.69 Å². The minimum Gasteiger partial charge on any atom is -0.496 e. The Balaban J connectivity index is 2.54. The van der Waals surface area contributed by atoms with Crippen LogP contribution in [0, 0.1) is 13.8 Å². The maximum Gasteiger partial charge on any atom is 0.354 e. The number of methoxy groups -OCH3 is 1. The number of aryl methyl sites for hydroxylation is 3. The summed E-state index contributed by atoms with van der Waals surface area (Å²) in [4.78, 5) is 11.0. The van der Waals surface area contributed by atoms with E-state index in [9.17, 15) is 4.79 Å². The van der Waals surface area contributed by atoms with Crippen molar-refractivity contribution in [3.8, 4) is 17.0 Å². The first-order chi connectivity index (χ1) is 8.93. The molecule has 0 spiro atoms. The van der Waals surface area contributed by atoms with Crippen molar-refractivity contribution in [2.75, 3.05) is 7.11 Å². The number of hydrogen-bond donors (Lipinski definition) is 1. The van der Waals surface area contributed by atoms with Crippen LogP contribution in [0.5, 0.6) is 5.75 Å². The molecule has 1 heterocycles. The second-order valence-electron chi connectivity index (χ2n) is 4.49. The molecule has 1 aromatic heterocycles. The van der Waals surface area contributed by atoms with Crippen molar-refractivity contribution in [1.82, 2.24) is 9.78 Å². The van der Waals surface area contributed by atoms with E-state index in [4.69, 9.17) is 9.84 Å². The summed E-state index contributed by atoms with van der Waals surface area (Å²) in [6.07, 6.45) is 0. The molecule has 0 bridgehead atoms. The number of carboxylic acid groups (broad SMARTS) is 1. The van der Waals surface area contributed by atoms with Crippen LogP contribution in [0.3, 0.4) is 0 Å². The topological polar surface area (TPSA) is 64.3 Å². The van der Waals surface area contributed by atoms with Crippen LogP contribution in [-0.2, 0) is 7.05 Å². The first-order valence-electron chi connectivity index (χ1n) is 5.87. The molecule has 2 aromatic rings. The van der Waals surface area contributed by atoms with Crippen LogP contribution >= 0.6 is 0 Å². The first-order valence-corrected chi connectivity index (χ1v) is 5.87. The molecule has 1 N–H and O–H groups in total. The summed E-state index contributed by atoms with van der Waals surface area (Å²) in [5, 5.41) is 13.3. The summed E-state index contributed by atoms with van der Waals surface area (Å²) >= 11 is 0. The van der Waals surface area contributed by atoms with Gasteiger partial charge in [0.05, 0.1) is 12.8 Å². The fraction of sp³-hybridized carbons (Fsp3) is 0.286. The van der Waals surface area contributed by atoms with Gasteiger partial charge in [-0.05, 0) is 43.2 Å². The smallest absolute Gasteiger partial charge is 0.354 e. The van der Waals surface area contributed by atoms with Crippen LogP contribution in [0.4, 0.5) is 0 Å². The van der Waals surface area contributed by atoms with E-state index >= 15 is 0 Å². The summed E-state index contributed by atoms with van der Waals surface area (Å²) in [5.74, 6) is -0.138. The van der Waals surface area contributed by atoms with Crippen LogP contribution < -0.4 is 4.74 Å². The molecular formula is C14H16N2O3. The largest absolute Gasteiger partial charge is 0.496 e. The molecule has 0 fully saturated rings. The van der Waals surface area contributed by atoms with Crippen molar-refractivity contribution in [1.29, 1.82) is 0 Å². The van der Waals surface area contributed by atoms with Crippen molar-refractivity contribution in [2.24, 2.45) is 7.05 Å². The number of nitrogens with zero attached hydrogens (tertiary/aromatic N) is 2. The molecule has 0 aliphatic rings. The van der Waals surface area contributed by atoms with Crippen molar-refractivity contribution >= 4 is 5.97 Å². The van der Waals surface area contributed by atoms with Crippen LogP contribution in [0.2, 0.25) is 0 Å². The van der Waals surface area contributed by atoms with E-state index in [1.165, 1.54) is 4.68 Å². The van der Waals surface area contributed by atoms with Crippen LogP contribution in [-0.4, -0.2) is 28.0 Å². The predicted molar refractivity (Wildman–Crippen MR) is 71.6 cm³/mol. The molecule has 5 heteroatoms. The summed E-state index contributed by atoms with van der Waals surface area (Å²) in [6.45, 7) is 3.91. The van der Waals surface area contributed by atoms with Gasteiger partial charge in [-0.3, -0.25) is 4.68 Å². The second-order valence-corrected chi connectivity index (χ2v) is 4.49. The van der Waals surface area contributed by atoms with E-state index < -0.39 is 5.97 Å². The molecule has 0 radical (unpaired) electrons. The highest BCUT2D eigenvalue weighted by atomic mass is 16.5. The Morgan fingerprint density at radius 2 is 1.84 bits per heavy atom. The van der Waals surface area contributed by atoms with Gasteiger partial charge in [0.1, 0.15) is 11.4 Å². The van der Waals surface area contributed by atoms with E-state index in [-0.39, 0.29) is 5.69 Å². The number of ether oxygens (including phenoxy) is 1. The molecule has 0 aliphatic carbocycles.